The Hall–Kier alpha value is -0.390. The van der Waals surface area contributed by atoms with Gasteiger partial charge in [0.05, 0.1) is 18.4 Å². The Kier molecular flexibility index (Phi) is 8.08. The van der Waals surface area contributed by atoms with E-state index in [1.165, 1.54) is 0 Å². The van der Waals surface area contributed by atoms with E-state index < -0.39 is 15.9 Å². The van der Waals surface area contributed by atoms with Gasteiger partial charge in [0.1, 0.15) is 4.21 Å². The minimum Gasteiger partial charge on any atom is -0.390 e. The van der Waals surface area contributed by atoms with Crippen LogP contribution in [0.5, 0.6) is 0 Å². The van der Waals surface area contributed by atoms with Crippen LogP contribution in [0.25, 0.3) is 0 Å². The average molecular weight is 459 g/mol. The van der Waals surface area contributed by atoms with Crippen molar-refractivity contribution in [1.82, 2.24) is 10.6 Å². The van der Waals surface area contributed by atoms with Crippen LogP contribution >= 0.6 is 35.3 Å². The topological polar surface area (TPSA) is 90.8 Å². The first-order valence-electron chi connectivity index (χ1n) is 7.00. The fraction of sp³-hybridized carbons (Fsp3) is 0.615. The number of hydrogen-bond acceptors (Lipinski definition) is 5. The molecule has 22 heavy (non-hydrogen) atoms. The van der Waals surface area contributed by atoms with Gasteiger partial charge in [-0.15, -0.1) is 35.3 Å². The maximum atomic E-state index is 12.0. The molecule has 0 amide bonds. The summed E-state index contributed by atoms with van der Waals surface area (Å²) in [6.45, 7) is 2.75. The lowest BCUT2D eigenvalue weighted by Crippen LogP contribution is -2.39. The Labute approximate surface area is 152 Å². The molecule has 2 rings (SSSR count). The van der Waals surface area contributed by atoms with Crippen molar-refractivity contribution in [3.05, 3.63) is 17.5 Å². The van der Waals surface area contributed by atoms with Crippen LogP contribution in [0.15, 0.2) is 26.7 Å². The van der Waals surface area contributed by atoms with Crippen LogP contribution in [-0.4, -0.2) is 50.5 Å². The minimum atomic E-state index is -3.43. The van der Waals surface area contributed by atoms with Crippen molar-refractivity contribution < 1.29 is 13.5 Å². The number of sulfone groups is 1. The number of nitrogens with one attached hydrogen (secondary N) is 2. The third-order valence-electron chi connectivity index (χ3n) is 2.94. The molecule has 0 bridgehead atoms. The lowest BCUT2D eigenvalue weighted by molar-refractivity contribution is 0.206. The highest BCUT2D eigenvalue weighted by molar-refractivity contribution is 14.0. The Bertz CT molecular complexity index is 571. The van der Waals surface area contributed by atoms with Crippen molar-refractivity contribution in [3.63, 3.8) is 0 Å². The second-order valence-electron chi connectivity index (χ2n) is 5.01. The van der Waals surface area contributed by atoms with Gasteiger partial charge in [0.15, 0.2) is 15.8 Å². The highest BCUT2D eigenvalue weighted by Crippen LogP contribution is 2.19. The SMILES string of the molecule is CCNC(=NCC(O)CS(=O)(=O)c1cccs1)NC1CC1.I. The first kappa shape index (κ1) is 19.7. The molecule has 1 unspecified atom stereocenters. The minimum absolute atomic E-state index is 0. The molecular weight excluding hydrogens is 437 g/mol. The number of aliphatic hydroxyl groups is 1. The molecule has 1 fully saturated rings. The number of halogens is 1. The number of nitrogens with zero attached hydrogens (tertiary/aromatic N) is 1. The van der Waals surface area contributed by atoms with Crippen molar-refractivity contribution >= 4 is 51.1 Å². The van der Waals surface area contributed by atoms with E-state index in [4.69, 9.17) is 0 Å². The molecule has 1 atom stereocenters. The molecule has 0 saturated heterocycles. The van der Waals surface area contributed by atoms with Crippen molar-refractivity contribution in [2.45, 2.75) is 36.1 Å². The van der Waals surface area contributed by atoms with Crippen molar-refractivity contribution in [1.29, 1.82) is 0 Å². The highest BCUT2D eigenvalue weighted by Gasteiger charge is 2.23. The molecule has 1 heterocycles. The molecule has 126 valence electrons. The van der Waals surface area contributed by atoms with Crippen LogP contribution < -0.4 is 10.6 Å². The Morgan fingerprint density at radius 1 is 1.55 bits per heavy atom. The van der Waals surface area contributed by atoms with Gasteiger partial charge in [-0.05, 0) is 31.2 Å². The Morgan fingerprint density at radius 2 is 2.27 bits per heavy atom. The highest BCUT2D eigenvalue weighted by atomic mass is 127. The molecule has 1 aromatic heterocycles. The summed E-state index contributed by atoms with van der Waals surface area (Å²) in [5.74, 6) is 0.326. The van der Waals surface area contributed by atoms with E-state index in [0.29, 0.717) is 12.0 Å². The molecule has 0 aliphatic heterocycles. The third kappa shape index (κ3) is 6.39. The maximum Gasteiger partial charge on any atom is 0.191 e. The van der Waals surface area contributed by atoms with Gasteiger partial charge in [0.25, 0.3) is 0 Å². The number of thiophene rings is 1. The molecule has 1 aromatic rings. The smallest absolute Gasteiger partial charge is 0.191 e. The Balaban J connectivity index is 0.00000242. The molecule has 6 nitrogen and oxygen atoms in total. The standard InChI is InChI=1S/C13H21N3O3S2.HI/c1-2-14-13(16-10-5-6-10)15-8-11(17)9-21(18,19)12-4-3-7-20-12;/h3-4,7,10-11,17H,2,5-6,8-9H2,1H3,(H2,14,15,16);1H. The molecular formula is C13H22IN3O3S2. The fourth-order valence-corrected chi connectivity index (χ4v) is 4.23. The zero-order valence-electron chi connectivity index (χ0n) is 12.4. The molecule has 1 aliphatic carbocycles. The van der Waals surface area contributed by atoms with Crippen molar-refractivity contribution in [3.8, 4) is 0 Å². The van der Waals surface area contributed by atoms with E-state index in [1.807, 2.05) is 6.92 Å². The summed E-state index contributed by atoms with van der Waals surface area (Å²) >= 11 is 1.16. The zero-order valence-corrected chi connectivity index (χ0v) is 16.3. The lowest BCUT2D eigenvalue weighted by Gasteiger charge is -2.12. The first-order valence-corrected chi connectivity index (χ1v) is 9.53. The van der Waals surface area contributed by atoms with E-state index in [1.54, 1.807) is 17.5 Å². The van der Waals surface area contributed by atoms with Crippen LogP contribution in [0.4, 0.5) is 0 Å². The number of guanidine groups is 1. The van der Waals surface area contributed by atoms with E-state index in [-0.39, 0.29) is 40.5 Å². The second kappa shape index (κ2) is 9.04. The summed E-state index contributed by atoms with van der Waals surface area (Å²) in [5, 5.41) is 17.9. The summed E-state index contributed by atoms with van der Waals surface area (Å²) in [7, 11) is -3.43. The van der Waals surface area contributed by atoms with Crippen LogP contribution in [0.3, 0.4) is 0 Å². The predicted octanol–water partition coefficient (Wildman–Crippen LogP) is 1.22. The third-order valence-corrected chi connectivity index (χ3v) is 6.22. The summed E-state index contributed by atoms with van der Waals surface area (Å²) in [4.78, 5) is 4.24. The van der Waals surface area contributed by atoms with Crippen LogP contribution in [0.1, 0.15) is 19.8 Å². The Morgan fingerprint density at radius 3 is 2.82 bits per heavy atom. The summed E-state index contributed by atoms with van der Waals surface area (Å²) in [6.07, 6.45) is 1.24. The number of hydrogen-bond donors (Lipinski definition) is 3. The van der Waals surface area contributed by atoms with Crippen LogP contribution in [0, 0.1) is 0 Å². The zero-order chi connectivity index (χ0) is 15.3. The molecule has 1 saturated carbocycles. The molecule has 0 aromatic carbocycles. The quantitative estimate of drug-likeness (QED) is 0.324. The fourth-order valence-electron chi connectivity index (χ4n) is 1.77. The molecule has 9 heteroatoms. The summed E-state index contributed by atoms with van der Waals surface area (Å²) < 4.78 is 24.4. The van der Waals surface area contributed by atoms with Crippen LogP contribution in [-0.2, 0) is 9.84 Å². The van der Waals surface area contributed by atoms with Gasteiger partial charge >= 0.3 is 0 Å². The predicted molar refractivity (Wildman–Crippen MR) is 99.9 cm³/mol. The normalized spacial score (nSPS) is 16.7. The summed E-state index contributed by atoms with van der Waals surface area (Å²) in [6, 6.07) is 3.69. The summed E-state index contributed by atoms with van der Waals surface area (Å²) in [5.41, 5.74) is 0. The van der Waals surface area contributed by atoms with E-state index in [9.17, 15) is 13.5 Å². The van der Waals surface area contributed by atoms with Gasteiger partial charge in [0, 0.05) is 12.6 Å². The number of aliphatic hydroxyl groups excluding tert-OH is 1. The van der Waals surface area contributed by atoms with Gasteiger partial charge in [-0.1, -0.05) is 6.07 Å². The monoisotopic (exact) mass is 459 g/mol. The van der Waals surface area contributed by atoms with Gasteiger partial charge in [-0.25, -0.2) is 8.42 Å². The van der Waals surface area contributed by atoms with Gasteiger partial charge in [0.2, 0.25) is 0 Å². The first-order chi connectivity index (χ1) is 10.0. The maximum absolute atomic E-state index is 12.0. The van der Waals surface area contributed by atoms with Gasteiger partial charge in [-0.3, -0.25) is 4.99 Å². The van der Waals surface area contributed by atoms with Gasteiger partial charge < -0.3 is 15.7 Å². The number of aliphatic imine (C=N–C) groups is 1. The largest absolute Gasteiger partial charge is 0.390 e. The lowest BCUT2D eigenvalue weighted by atomic mass is 10.4. The van der Waals surface area contributed by atoms with E-state index >= 15 is 0 Å². The van der Waals surface area contributed by atoms with Crippen molar-refractivity contribution in [2.24, 2.45) is 4.99 Å². The molecule has 0 spiro atoms. The molecule has 1 aliphatic rings. The van der Waals surface area contributed by atoms with E-state index in [2.05, 4.69) is 15.6 Å². The van der Waals surface area contributed by atoms with Crippen molar-refractivity contribution in [2.75, 3.05) is 18.8 Å². The number of rotatable bonds is 7. The van der Waals surface area contributed by atoms with Gasteiger partial charge in [-0.2, -0.15) is 0 Å². The van der Waals surface area contributed by atoms with E-state index in [0.717, 1.165) is 30.7 Å². The molecule has 0 radical (unpaired) electrons. The average Bonchev–Trinajstić information content (AvgIpc) is 3.05. The molecule has 3 N–H and O–H groups in total. The van der Waals surface area contributed by atoms with Crippen LogP contribution in [0.2, 0.25) is 0 Å². The second-order valence-corrected chi connectivity index (χ2v) is 8.21.